The lowest BCUT2D eigenvalue weighted by Gasteiger charge is -2.19. The summed E-state index contributed by atoms with van der Waals surface area (Å²) in [4.78, 5) is 24.3. The van der Waals surface area contributed by atoms with Gasteiger partial charge in [-0.2, -0.15) is 26.3 Å². The maximum Gasteiger partial charge on any atom is 0.405 e. The van der Waals surface area contributed by atoms with E-state index in [0.29, 0.717) is 0 Å². The van der Waals surface area contributed by atoms with Crippen LogP contribution in [0.5, 0.6) is 0 Å². The summed E-state index contributed by atoms with van der Waals surface area (Å²) in [6.45, 7) is -1.15. The largest absolute Gasteiger partial charge is 0.405 e. The summed E-state index contributed by atoms with van der Waals surface area (Å²) in [7, 11) is 0. The highest BCUT2D eigenvalue weighted by molar-refractivity contribution is 6.48. The molecule has 5 nitrogen and oxygen atoms in total. The van der Waals surface area contributed by atoms with E-state index >= 15 is 0 Å². The molecular formula is C23H19Cl3F6N2O3. The molecule has 2 atom stereocenters. The Morgan fingerprint density at radius 1 is 1.03 bits per heavy atom. The Morgan fingerprint density at radius 3 is 2.11 bits per heavy atom. The van der Waals surface area contributed by atoms with Crippen molar-refractivity contribution in [3.8, 4) is 0 Å². The first-order chi connectivity index (χ1) is 17.0. The molecule has 0 spiro atoms. The number of hydrogen-bond donors (Lipinski definition) is 3. The van der Waals surface area contributed by atoms with E-state index in [2.05, 4.69) is 5.32 Å². The molecular weight excluding hydrogens is 573 g/mol. The highest BCUT2D eigenvalue weighted by atomic mass is 35.5. The lowest BCUT2D eigenvalue weighted by atomic mass is 9.96. The molecule has 1 unspecified atom stereocenters. The van der Waals surface area contributed by atoms with E-state index in [0.717, 1.165) is 18.2 Å². The molecule has 0 heterocycles. The fourth-order valence-corrected chi connectivity index (χ4v) is 3.77. The highest BCUT2D eigenvalue weighted by Crippen LogP contribution is 2.41. The minimum Gasteiger partial charge on any atom is -0.394 e. The number of amides is 2. The smallest absolute Gasteiger partial charge is 0.394 e. The summed E-state index contributed by atoms with van der Waals surface area (Å²) in [5.74, 6) is -4.21. The van der Waals surface area contributed by atoms with Crippen molar-refractivity contribution in [1.82, 2.24) is 10.6 Å². The molecule has 37 heavy (non-hydrogen) atoms. The number of allylic oxidation sites excluding steroid dienone is 1. The zero-order chi connectivity index (χ0) is 28.1. The molecule has 2 aromatic rings. The van der Waals surface area contributed by atoms with Gasteiger partial charge in [0.05, 0.1) is 27.6 Å². The molecule has 2 aromatic carbocycles. The van der Waals surface area contributed by atoms with Crippen molar-refractivity contribution in [2.75, 3.05) is 13.2 Å². The van der Waals surface area contributed by atoms with E-state index in [1.807, 2.05) is 0 Å². The maximum absolute atomic E-state index is 13.7. The summed E-state index contributed by atoms with van der Waals surface area (Å²) in [5.41, 5.74) is 0.321. The van der Waals surface area contributed by atoms with Gasteiger partial charge in [-0.25, -0.2) is 0 Å². The van der Waals surface area contributed by atoms with Crippen molar-refractivity contribution < 1.29 is 41.0 Å². The van der Waals surface area contributed by atoms with E-state index < -0.39 is 49.3 Å². The standard InChI is InChI=1S/C23H19Cl3F6N2O3/c1-11-6-12(3-5-15(23(30,31)32)13-7-16(24)19(26)17(25)8-13)2-4-14(11)20(36)34-18(9-35)21(37)33-10-22(27,28)29/h2-8,15,18,35H,9-10H2,1H3,(H,33,37)(H,34,36)/b5-3+/t15?,18-/m1/s1. The number of aryl methyl sites for hydroxylation is 1. The molecule has 0 aliphatic rings. The number of alkyl halides is 6. The summed E-state index contributed by atoms with van der Waals surface area (Å²) >= 11 is 17.5. The van der Waals surface area contributed by atoms with Gasteiger partial charge in [0.25, 0.3) is 5.91 Å². The van der Waals surface area contributed by atoms with Crippen LogP contribution in [0.15, 0.2) is 36.4 Å². The van der Waals surface area contributed by atoms with E-state index in [9.17, 15) is 41.0 Å². The van der Waals surface area contributed by atoms with Crippen molar-refractivity contribution in [1.29, 1.82) is 0 Å². The third-order valence-electron chi connectivity index (χ3n) is 4.96. The fourth-order valence-electron chi connectivity index (χ4n) is 3.16. The Kier molecular flexibility index (Phi) is 10.3. The van der Waals surface area contributed by atoms with Crippen LogP contribution in [0.25, 0.3) is 6.08 Å². The average Bonchev–Trinajstić information content (AvgIpc) is 2.78. The Morgan fingerprint density at radius 2 is 1.62 bits per heavy atom. The SMILES string of the molecule is Cc1cc(/C=C/C(c2cc(Cl)c(Cl)c(Cl)c2)C(F)(F)F)ccc1C(=O)N[C@H](CO)C(=O)NCC(F)(F)F. The number of benzene rings is 2. The van der Waals surface area contributed by atoms with Crippen LogP contribution in [0.3, 0.4) is 0 Å². The van der Waals surface area contributed by atoms with Gasteiger partial charge in [-0.05, 0) is 41.8 Å². The number of aliphatic hydroxyl groups excluding tert-OH is 1. The van der Waals surface area contributed by atoms with Gasteiger partial charge in [0, 0.05) is 5.56 Å². The van der Waals surface area contributed by atoms with E-state index in [-0.39, 0.29) is 37.3 Å². The van der Waals surface area contributed by atoms with Crippen LogP contribution in [0, 0.1) is 6.92 Å². The number of rotatable bonds is 8. The van der Waals surface area contributed by atoms with E-state index in [4.69, 9.17) is 34.8 Å². The minimum absolute atomic E-state index is 0.0112. The number of carbonyl (C=O) groups excluding carboxylic acids is 2. The molecule has 0 aromatic heterocycles. The first-order valence-corrected chi connectivity index (χ1v) is 11.4. The quantitative estimate of drug-likeness (QED) is 0.257. The lowest BCUT2D eigenvalue weighted by molar-refractivity contribution is -0.140. The van der Waals surface area contributed by atoms with Crippen LogP contribution in [-0.4, -0.2) is 48.5 Å². The Hall–Kier alpha value is -2.47. The predicted octanol–water partition coefficient (Wildman–Crippen LogP) is 6.08. The Bertz CT molecular complexity index is 1160. The maximum atomic E-state index is 13.7. The second kappa shape index (κ2) is 12.4. The van der Waals surface area contributed by atoms with Crippen molar-refractivity contribution in [3.63, 3.8) is 0 Å². The van der Waals surface area contributed by atoms with Gasteiger partial charge in [-0.1, -0.05) is 59.1 Å². The van der Waals surface area contributed by atoms with Gasteiger partial charge in [-0.15, -0.1) is 0 Å². The number of nitrogens with one attached hydrogen (secondary N) is 2. The molecule has 2 amide bonds. The normalized spacial score (nSPS) is 13.9. The van der Waals surface area contributed by atoms with E-state index in [1.54, 1.807) is 5.32 Å². The Balaban J connectivity index is 2.22. The van der Waals surface area contributed by atoms with Gasteiger partial charge < -0.3 is 15.7 Å². The van der Waals surface area contributed by atoms with E-state index in [1.165, 1.54) is 31.2 Å². The summed E-state index contributed by atoms with van der Waals surface area (Å²) in [5, 5.41) is 12.6. The van der Waals surface area contributed by atoms with Crippen molar-refractivity contribution in [3.05, 3.63) is 73.7 Å². The third-order valence-corrected chi connectivity index (χ3v) is 6.16. The van der Waals surface area contributed by atoms with Gasteiger partial charge in [0.1, 0.15) is 12.6 Å². The van der Waals surface area contributed by atoms with Gasteiger partial charge in [0.15, 0.2) is 0 Å². The van der Waals surface area contributed by atoms with Gasteiger partial charge in [0.2, 0.25) is 5.91 Å². The third kappa shape index (κ3) is 8.80. The second-order valence-electron chi connectivity index (χ2n) is 7.79. The number of aliphatic hydroxyl groups is 1. The zero-order valence-corrected chi connectivity index (χ0v) is 21.0. The number of halogens is 9. The van der Waals surface area contributed by atoms with Crippen LogP contribution in [-0.2, 0) is 4.79 Å². The monoisotopic (exact) mass is 590 g/mol. The van der Waals surface area contributed by atoms with Crippen LogP contribution in [0.2, 0.25) is 15.1 Å². The zero-order valence-electron chi connectivity index (χ0n) is 18.8. The first kappa shape index (κ1) is 30.8. The first-order valence-electron chi connectivity index (χ1n) is 10.3. The van der Waals surface area contributed by atoms with Crippen molar-refractivity contribution in [2.24, 2.45) is 0 Å². The van der Waals surface area contributed by atoms with Gasteiger partial charge in [-0.3, -0.25) is 9.59 Å². The summed E-state index contributed by atoms with van der Waals surface area (Å²) < 4.78 is 78.0. The summed E-state index contributed by atoms with van der Waals surface area (Å²) in [6, 6.07) is 4.42. The fraction of sp³-hybridized carbons (Fsp3) is 0.304. The number of hydrogen-bond acceptors (Lipinski definition) is 3. The van der Waals surface area contributed by atoms with Crippen molar-refractivity contribution in [2.45, 2.75) is 31.2 Å². The molecule has 2 rings (SSSR count). The predicted molar refractivity (Wildman–Crippen MR) is 128 cm³/mol. The molecule has 0 bridgehead atoms. The number of carbonyl (C=O) groups is 2. The van der Waals surface area contributed by atoms with Crippen LogP contribution in [0.1, 0.15) is 33.0 Å². The molecule has 0 saturated heterocycles. The molecule has 3 N–H and O–H groups in total. The molecule has 14 heteroatoms. The Labute approximate surface area is 222 Å². The minimum atomic E-state index is -4.70. The topological polar surface area (TPSA) is 78.4 Å². The highest BCUT2D eigenvalue weighted by Gasteiger charge is 2.39. The van der Waals surface area contributed by atoms with Gasteiger partial charge >= 0.3 is 12.4 Å². The lowest BCUT2D eigenvalue weighted by Crippen LogP contribution is -2.50. The van der Waals surface area contributed by atoms with Crippen molar-refractivity contribution >= 4 is 52.7 Å². The van der Waals surface area contributed by atoms with Crippen LogP contribution >= 0.6 is 34.8 Å². The average molecular weight is 592 g/mol. The molecule has 0 saturated carbocycles. The molecule has 0 aliphatic heterocycles. The summed E-state index contributed by atoms with van der Waals surface area (Å²) in [6.07, 6.45) is -7.34. The second-order valence-corrected chi connectivity index (χ2v) is 8.99. The van der Waals surface area contributed by atoms with Crippen LogP contribution in [0.4, 0.5) is 26.3 Å². The molecule has 0 radical (unpaired) electrons. The van der Waals surface area contributed by atoms with Crippen LogP contribution < -0.4 is 10.6 Å². The molecule has 0 aliphatic carbocycles. The molecule has 0 fully saturated rings. The molecule has 202 valence electrons.